The van der Waals surface area contributed by atoms with Gasteiger partial charge in [-0.15, -0.1) is 0 Å². The van der Waals surface area contributed by atoms with Crippen LogP contribution in [-0.4, -0.2) is 29.8 Å². The third kappa shape index (κ3) is 4.63. The van der Waals surface area contributed by atoms with Crippen molar-refractivity contribution in [1.29, 1.82) is 0 Å². The van der Waals surface area contributed by atoms with Crippen molar-refractivity contribution in [2.45, 2.75) is 19.6 Å². The van der Waals surface area contributed by atoms with Crippen LogP contribution in [0.5, 0.6) is 0 Å². The smallest absolute Gasteiger partial charge is 0.338 e. The number of carbonyl (C=O) groups excluding carboxylic acids is 4. The van der Waals surface area contributed by atoms with E-state index < -0.39 is 29.8 Å². The fourth-order valence-electron chi connectivity index (χ4n) is 3.41. The molecule has 1 atom stereocenters. The molecule has 1 N–H and O–H groups in total. The molecule has 1 heterocycles. The molecule has 1 aliphatic rings. The monoisotopic (exact) mass is 462 g/mol. The summed E-state index contributed by atoms with van der Waals surface area (Å²) in [6.07, 6.45) is -1.05. The minimum atomic E-state index is -1.05. The number of hydrogen-bond acceptors (Lipinski definition) is 5. The number of esters is 1. The minimum Gasteiger partial charge on any atom is -0.449 e. The van der Waals surface area contributed by atoms with E-state index in [2.05, 4.69) is 5.32 Å². The Labute approximate surface area is 194 Å². The van der Waals surface area contributed by atoms with Crippen LogP contribution in [0.3, 0.4) is 0 Å². The van der Waals surface area contributed by atoms with E-state index in [1.165, 1.54) is 19.1 Å². The zero-order valence-electron chi connectivity index (χ0n) is 17.6. The molecule has 166 valence electrons. The van der Waals surface area contributed by atoms with Gasteiger partial charge < -0.3 is 10.1 Å². The third-order valence-corrected chi connectivity index (χ3v) is 5.42. The molecule has 1 aliphatic heterocycles. The molecule has 0 aliphatic carbocycles. The Hall–Kier alpha value is -3.97. The van der Waals surface area contributed by atoms with Crippen LogP contribution in [0.4, 0.5) is 5.69 Å². The van der Waals surface area contributed by atoms with Gasteiger partial charge in [0.2, 0.25) is 0 Å². The summed E-state index contributed by atoms with van der Waals surface area (Å²) in [5.41, 5.74) is 1.82. The highest BCUT2D eigenvalue weighted by molar-refractivity contribution is 6.34. The van der Waals surface area contributed by atoms with E-state index >= 15 is 0 Å². The van der Waals surface area contributed by atoms with Gasteiger partial charge in [0.15, 0.2) is 6.10 Å². The molecule has 8 heteroatoms. The van der Waals surface area contributed by atoms with Crippen molar-refractivity contribution in [2.75, 3.05) is 4.90 Å². The van der Waals surface area contributed by atoms with Crippen LogP contribution in [-0.2, 0) is 16.1 Å². The van der Waals surface area contributed by atoms with E-state index in [-0.39, 0.29) is 17.8 Å². The number of rotatable bonds is 6. The number of halogens is 1. The Kier molecular flexibility index (Phi) is 6.24. The highest BCUT2D eigenvalue weighted by atomic mass is 35.5. The zero-order chi connectivity index (χ0) is 23.5. The Morgan fingerprint density at radius 3 is 2.21 bits per heavy atom. The molecule has 0 bridgehead atoms. The van der Waals surface area contributed by atoms with Gasteiger partial charge in [0, 0.05) is 11.6 Å². The third-order valence-electron chi connectivity index (χ3n) is 5.17. The lowest BCUT2D eigenvalue weighted by Crippen LogP contribution is -2.35. The molecule has 0 spiro atoms. The number of nitrogens with one attached hydrogen (secondary N) is 1. The Bertz CT molecular complexity index is 1220. The maximum atomic E-state index is 12.7. The minimum absolute atomic E-state index is 0.112. The van der Waals surface area contributed by atoms with Gasteiger partial charge in [0.1, 0.15) is 0 Å². The molecule has 3 aromatic rings. The average Bonchev–Trinajstić information content (AvgIpc) is 3.08. The van der Waals surface area contributed by atoms with Gasteiger partial charge >= 0.3 is 5.97 Å². The number of fused-ring (bicyclic) bond motifs is 1. The van der Waals surface area contributed by atoms with Gasteiger partial charge in [-0.1, -0.05) is 41.9 Å². The summed E-state index contributed by atoms with van der Waals surface area (Å²) in [4.78, 5) is 51.3. The van der Waals surface area contributed by atoms with Crippen molar-refractivity contribution >= 4 is 41.0 Å². The van der Waals surface area contributed by atoms with Crippen molar-refractivity contribution in [2.24, 2.45) is 0 Å². The maximum absolute atomic E-state index is 12.7. The molecular formula is C25H19ClN2O5. The molecule has 3 aromatic carbocycles. The largest absolute Gasteiger partial charge is 0.449 e. The predicted molar refractivity (Wildman–Crippen MR) is 122 cm³/mol. The van der Waals surface area contributed by atoms with Crippen LogP contribution in [0.1, 0.15) is 43.6 Å². The fourth-order valence-corrected chi connectivity index (χ4v) is 3.54. The average molecular weight is 463 g/mol. The number of imide groups is 1. The van der Waals surface area contributed by atoms with E-state index in [0.717, 1.165) is 10.5 Å². The summed E-state index contributed by atoms with van der Waals surface area (Å²) in [6, 6.07) is 19.5. The second kappa shape index (κ2) is 9.26. The lowest BCUT2D eigenvalue weighted by atomic mass is 10.1. The fraction of sp³-hybridized carbons (Fsp3) is 0.120. The van der Waals surface area contributed by atoms with Crippen molar-refractivity contribution < 1.29 is 23.9 Å². The normalized spacial score (nSPS) is 13.5. The van der Waals surface area contributed by atoms with Gasteiger partial charge in [0.25, 0.3) is 17.7 Å². The molecule has 0 radical (unpaired) electrons. The molecule has 33 heavy (non-hydrogen) atoms. The van der Waals surface area contributed by atoms with Gasteiger partial charge in [-0.2, -0.15) is 0 Å². The lowest BCUT2D eigenvalue weighted by molar-refractivity contribution is -0.129. The number of anilines is 1. The van der Waals surface area contributed by atoms with Crippen LogP contribution in [0.2, 0.25) is 5.02 Å². The van der Waals surface area contributed by atoms with Crippen molar-refractivity contribution in [3.63, 3.8) is 0 Å². The summed E-state index contributed by atoms with van der Waals surface area (Å²) in [5, 5.41) is 3.29. The van der Waals surface area contributed by atoms with E-state index in [1.54, 1.807) is 60.7 Å². The highest BCUT2D eigenvalue weighted by Gasteiger charge is 2.36. The number of amides is 3. The first-order chi connectivity index (χ1) is 15.8. The topological polar surface area (TPSA) is 92.8 Å². The summed E-state index contributed by atoms with van der Waals surface area (Å²) in [6.45, 7) is 1.72. The van der Waals surface area contributed by atoms with Crippen molar-refractivity contribution in [1.82, 2.24) is 5.32 Å². The number of nitrogens with zero attached hydrogens (tertiary/aromatic N) is 1. The van der Waals surface area contributed by atoms with E-state index in [0.29, 0.717) is 16.1 Å². The maximum Gasteiger partial charge on any atom is 0.338 e. The van der Waals surface area contributed by atoms with Crippen LogP contribution < -0.4 is 10.2 Å². The Morgan fingerprint density at radius 2 is 1.58 bits per heavy atom. The molecular weight excluding hydrogens is 444 g/mol. The van der Waals surface area contributed by atoms with E-state index in [1.807, 2.05) is 0 Å². The standard InChI is InChI=1S/C25H19ClN2O5/c1-15(22(29)27-14-16-9-11-18(26)12-10-16)33-25(32)17-5-4-6-19(13-17)28-23(30)20-7-2-3-8-21(20)24(28)31/h2-13,15H,14H2,1H3,(H,27,29). The number of hydrogen-bond donors (Lipinski definition) is 1. The van der Waals surface area contributed by atoms with Crippen LogP contribution in [0, 0.1) is 0 Å². The summed E-state index contributed by atoms with van der Waals surface area (Å²) in [5.74, 6) is -2.13. The SMILES string of the molecule is CC(OC(=O)c1cccc(N2C(=O)c3ccccc3C2=O)c1)C(=O)NCc1ccc(Cl)cc1. The zero-order valence-corrected chi connectivity index (χ0v) is 18.3. The molecule has 0 saturated heterocycles. The van der Waals surface area contributed by atoms with Crippen molar-refractivity contribution in [3.8, 4) is 0 Å². The number of benzene rings is 3. The first-order valence-electron chi connectivity index (χ1n) is 10.2. The molecule has 1 unspecified atom stereocenters. The summed E-state index contributed by atoms with van der Waals surface area (Å²) < 4.78 is 5.28. The number of ether oxygens (including phenoxy) is 1. The first kappa shape index (κ1) is 22.2. The molecule has 0 fully saturated rings. The van der Waals surface area contributed by atoms with Gasteiger partial charge in [0.05, 0.1) is 22.4 Å². The van der Waals surface area contributed by atoms with Crippen LogP contribution >= 0.6 is 11.6 Å². The van der Waals surface area contributed by atoms with Crippen LogP contribution in [0.15, 0.2) is 72.8 Å². The van der Waals surface area contributed by atoms with Crippen molar-refractivity contribution in [3.05, 3.63) is 100 Å². The summed E-state index contributed by atoms with van der Waals surface area (Å²) >= 11 is 5.85. The highest BCUT2D eigenvalue weighted by Crippen LogP contribution is 2.29. The van der Waals surface area contributed by atoms with Gasteiger partial charge in [-0.05, 0) is 55.0 Å². The van der Waals surface area contributed by atoms with Gasteiger partial charge in [-0.25, -0.2) is 9.69 Å². The molecule has 0 aromatic heterocycles. The molecule has 3 amide bonds. The summed E-state index contributed by atoms with van der Waals surface area (Å²) in [7, 11) is 0. The lowest BCUT2D eigenvalue weighted by Gasteiger charge is -2.16. The Balaban J connectivity index is 1.41. The van der Waals surface area contributed by atoms with E-state index in [4.69, 9.17) is 16.3 Å². The molecule has 7 nitrogen and oxygen atoms in total. The van der Waals surface area contributed by atoms with Crippen LogP contribution in [0.25, 0.3) is 0 Å². The molecule has 0 saturated carbocycles. The van der Waals surface area contributed by atoms with Gasteiger partial charge in [-0.3, -0.25) is 14.4 Å². The molecule has 4 rings (SSSR count). The second-order valence-corrected chi connectivity index (χ2v) is 7.87. The van der Waals surface area contributed by atoms with E-state index in [9.17, 15) is 19.2 Å². The first-order valence-corrected chi connectivity index (χ1v) is 10.5. The Morgan fingerprint density at radius 1 is 0.939 bits per heavy atom. The second-order valence-electron chi connectivity index (χ2n) is 7.43. The number of carbonyl (C=O) groups is 4. The quantitative estimate of drug-likeness (QED) is 0.441. The predicted octanol–water partition coefficient (Wildman–Crippen LogP) is 4.00.